The number of isocyanates is 2. The fourth-order valence-electron chi connectivity index (χ4n) is 1.79. The van der Waals surface area contributed by atoms with Crippen molar-refractivity contribution in [3.8, 4) is 0 Å². The first-order valence-electron chi connectivity index (χ1n) is 10.9. The van der Waals surface area contributed by atoms with Gasteiger partial charge in [-0.05, 0) is 13.8 Å². The molecule has 1 amide bonds. The van der Waals surface area contributed by atoms with E-state index in [0.717, 1.165) is 30.4 Å². The molecule has 0 aliphatic rings. The third kappa shape index (κ3) is 30.9. The molecule has 0 radical (unpaired) electrons. The minimum absolute atomic E-state index is 0.330. The van der Waals surface area contributed by atoms with E-state index in [-0.39, 0.29) is 19.8 Å². The SMILES string of the molecule is C=CC(=O)OCC(CO)(COC(=O)C=C)COC(=O)C=C.CCOC(N)=O.Cc1ccccc1.N=C=O.N=C=O. The normalized spacial score (nSPS) is 8.38. The van der Waals surface area contributed by atoms with Gasteiger partial charge in [0, 0.05) is 18.2 Å². The second-order valence-corrected chi connectivity index (χ2v) is 6.70. The Morgan fingerprint density at radius 2 is 1.18 bits per heavy atom. The van der Waals surface area contributed by atoms with Crippen molar-refractivity contribution in [3.63, 3.8) is 0 Å². The van der Waals surface area contributed by atoms with Crippen LogP contribution in [0.25, 0.3) is 0 Å². The first kappa shape index (κ1) is 41.9. The van der Waals surface area contributed by atoms with Crippen molar-refractivity contribution in [3.05, 3.63) is 73.9 Å². The number of esters is 3. The van der Waals surface area contributed by atoms with Crippen LogP contribution in [-0.2, 0) is 42.9 Å². The van der Waals surface area contributed by atoms with Crippen molar-refractivity contribution in [2.24, 2.45) is 11.1 Å². The molecule has 0 aliphatic heterocycles. The van der Waals surface area contributed by atoms with Crippen molar-refractivity contribution < 1.29 is 52.8 Å². The Morgan fingerprint density at radius 1 is 0.850 bits per heavy atom. The summed E-state index contributed by atoms with van der Waals surface area (Å²) in [5.41, 5.74) is 4.58. The monoisotopic (exact) mass is 565 g/mol. The van der Waals surface area contributed by atoms with Crippen LogP contribution in [-0.4, -0.2) is 74.3 Å². The van der Waals surface area contributed by atoms with Gasteiger partial charge < -0.3 is 29.8 Å². The molecule has 0 atom stereocenters. The molecule has 0 fully saturated rings. The Balaban J connectivity index is -0.000000274. The summed E-state index contributed by atoms with van der Waals surface area (Å²) >= 11 is 0. The number of carbonyl (C=O) groups excluding carboxylic acids is 6. The zero-order chi connectivity index (χ0) is 31.8. The number of carbonyl (C=O) groups is 4. The fourth-order valence-corrected chi connectivity index (χ4v) is 1.79. The zero-order valence-electron chi connectivity index (χ0n) is 22.4. The minimum atomic E-state index is -1.28. The number of benzene rings is 1. The van der Waals surface area contributed by atoms with Gasteiger partial charge in [0.25, 0.3) is 0 Å². The molecule has 0 heterocycles. The van der Waals surface area contributed by atoms with E-state index >= 15 is 0 Å². The van der Waals surface area contributed by atoms with E-state index in [1.54, 1.807) is 6.92 Å². The molecule has 0 spiro atoms. The predicted octanol–water partition coefficient (Wildman–Crippen LogP) is 2.05. The van der Waals surface area contributed by atoms with Crippen LogP contribution in [0.3, 0.4) is 0 Å². The van der Waals surface area contributed by atoms with Gasteiger partial charge in [0.2, 0.25) is 12.2 Å². The number of aliphatic hydroxyl groups excluding tert-OH is 1. The summed E-state index contributed by atoms with van der Waals surface area (Å²) < 4.78 is 18.7. The van der Waals surface area contributed by atoms with Crippen LogP contribution >= 0.6 is 0 Å². The Labute approximate surface area is 232 Å². The average molecular weight is 566 g/mol. The van der Waals surface area contributed by atoms with Gasteiger partial charge >= 0.3 is 24.0 Å². The van der Waals surface area contributed by atoms with Crippen LogP contribution in [0.4, 0.5) is 4.79 Å². The first-order chi connectivity index (χ1) is 18.9. The minimum Gasteiger partial charge on any atom is -0.462 e. The lowest BCUT2D eigenvalue weighted by Crippen LogP contribution is -2.42. The first-order valence-corrected chi connectivity index (χ1v) is 10.9. The molecule has 0 saturated carbocycles. The summed E-state index contributed by atoms with van der Waals surface area (Å²) in [4.78, 5) is 59.6. The zero-order valence-corrected chi connectivity index (χ0v) is 22.4. The summed E-state index contributed by atoms with van der Waals surface area (Å²) in [6.07, 6.45) is 3.60. The molecule has 1 aromatic carbocycles. The Morgan fingerprint density at radius 3 is 1.32 bits per heavy atom. The van der Waals surface area contributed by atoms with Crippen molar-refractivity contribution in [1.82, 2.24) is 0 Å². The van der Waals surface area contributed by atoms with Crippen LogP contribution < -0.4 is 5.73 Å². The Kier molecular flexibility index (Phi) is 31.5. The molecule has 0 bridgehead atoms. The largest absolute Gasteiger partial charge is 0.462 e. The van der Waals surface area contributed by atoms with Crippen LogP contribution in [0.1, 0.15) is 12.5 Å². The number of nitrogens with one attached hydrogen (secondary N) is 2. The maximum Gasteiger partial charge on any atom is 0.404 e. The third-order valence-corrected chi connectivity index (χ3v) is 3.62. The van der Waals surface area contributed by atoms with E-state index in [0.29, 0.717) is 6.61 Å². The highest BCUT2D eigenvalue weighted by atomic mass is 16.6. The maximum atomic E-state index is 11.1. The lowest BCUT2D eigenvalue weighted by Gasteiger charge is -2.29. The summed E-state index contributed by atoms with van der Waals surface area (Å²) in [5.74, 6) is -2.17. The molecule has 0 aromatic heterocycles. The lowest BCUT2D eigenvalue weighted by molar-refractivity contribution is -0.159. The molecule has 1 rings (SSSR count). The molecular weight excluding hydrogens is 530 g/mol. The smallest absolute Gasteiger partial charge is 0.404 e. The summed E-state index contributed by atoms with van der Waals surface area (Å²) in [5, 5.41) is 20.3. The summed E-state index contributed by atoms with van der Waals surface area (Å²) in [6, 6.07) is 10.3. The summed E-state index contributed by atoms with van der Waals surface area (Å²) in [7, 11) is 0. The van der Waals surface area contributed by atoms with E-state index in [9.17, 15) is 24.3 Å². The molecule has 0 unspecified atom stereocenters. The maximum absolute atomic E-state index is 11.1. The van der Waals surface area contributed by atoms with E-state index in [2.05, 4.69) is 49.3 Å². The van der Waals surface area contributed by atoms with Crippen LogP contribution in [0.2, 0.25) is 0 Å². The van der Waals surface area contributed by atoms with Crippen molar-refractivity contribution in [1.29, 1.82) is 10.8 Å². The fraction of sp³-hybridized carbons (Fsp3) is 0.308. The number of hydrogen-bond acceptors (Lipinski definition) is 13. The van der Waals surface area contributed by atoms with E-state index < -0.39 is 36.0 Å². The van der Waals surface area contributed by atoms with Gasteiger partial charge in [-0.25, -0.2) is 39.6 Å². The molecule has 14 heteroatoms. The van der Waals surface area contributed by atoms with Gasteiger partial charge in [-0.1, -0.05) is 55.6 Å². The molecule has 14 nitrogen and oxygen atoms in total. The molecular formula is C26H35N3O11. The predicted molar refractivity (Wildman–Crippen MR) is 142 cm³/mol. The highest BCUT2D eigenvalue weighted by molar-refractivity contribution is 5.82. The molecule has 5 N–H and O–H groups in total. The third-order valence-electron chi connectivity index (χ3n) is 3.62. The van der Waals surface area contributed by atoms with Gasteiger partial charge in [-0.15, -0.1) is 0 Å². The Bertz CT molecular complexity index is 896. The number of primary amides is 1. The number of aliphatic hydroxyl groups is 1. The number of rotatable bonds is 11. The Hall–Kier alpha value is -5.16. The number of amides is 1. The topological polar surface area (TPSA) is 233 Å². The summed E-state index contributed by atoms with van der Waals surface area (Å²) in [6.45, 7) is 12.3. The molecule has 1 aromatic rings. The number of hydrogen-bond donors (Lipinski definition) is 4. The standard InChI is InChI=1S/C14H18O7.C7H8.C3H7NO2.2CHNO/c1-4-11(16)19-8-14(7-15,9-20-12(17)5-2)10-21-13(18)6-3;1-7-5-3-2-4-6-7;1-2-6-3(4)5;2*2-1-3/h4-6,15H,1-3,7-10H2;2-6H,1H3;2H2,1H3,(H2,4,5);2*2H. The quantitative estimate of drug-likeness (QED) is 0.0996. The highest BCUT2D eigenvalue weighted by Crippen LogP contribution is 2.19. The number of aryl methyl sites for hydroxylation is 1. The number of nitrogens with two attached hydrogens (primary N) is 1. The second kappa shape index (κ2) is 30.1. The van der Waals surface area contributed by atoms with Gasteiger partial charge in [-0.2, -0.15) is 0 Å². The van der Waals surface area contributed by atoms with Gasteiger partial charge in [-0.3, -0.25) is 0 Å². The molecule has 220 valence electrons. The van der Waals surface area contributed by atoms with Gasteiger partial charge in [0.1, 0.15) is 19.8 Å². The van der Waals surface area contributed by atoms with Crippen LogP contribution in [0.15, 0.2) is 68.3 Å². The van der Waals surface area contributed by atoms with E-state index in [1.807, 2.05) is 18.2 Å². The molecule has 0 saturated heterocycles. The average Bonchev–Trinajstić information content (AvgIpc) is 2.94. The van der Waals surface area contributed by atoms with Crippen molar-refractivity contribution >= 4 is 36.2 Å². The van der Waals surface area contributed by atoms with Crippen molar-refractivity contribution in [2.75, 3.05) is 33.0 Å². The van der Waals surface area contributed by atoms with Gasteiger partial charge in [0.15, 0.2) is 0 Å². The second-order valence-electron chi connectivity index (χ2n) is 6.70. The number of ether oxygens (including phenoxy) is 4. The van der Waals surface area contributed by atoms with Gasteiger partial charge in [0.05, 0.1) is 18.6 Å². The van der Waals surface area contributed by atoms with Crippen LogP contribution in [0, 0.1) is 23.2 Å². The highest BCUT2D eigenvalue weighted by Gasteiger charge is 2.35. The lowest BCUT2D eigenvalue weighted by atomic mass is 9.92. The van der Waals surface area contributed by atoms with Crippen molar-refractivity contribution in [2.45, 2.75) is 13.8 Å². The molecule has 40 heavy (non-hydrogen) atoms. The van der Waals surface area contributed by atoms with E-state index in [1.165, 1.54) is 5.56 Å². The molecule has 0 aliphatic carbocycles. The van der Waals surface area contributed by atoms with Crippen LogP contribution in [0.5, 0.6) is 0 Å². The van der Waals surface area contributed by atoms with E-state index in [4.69, 9.17) is 34.6 Å².